The van der Waals surface area contributed by atoms with E-state index < -0.39 is 0 Å². The highest BCUT2D eigenvalue weighted by Crippen LogP contribution is 2.25. The molecule has 5 heteroatoms. The molecular weight excluding hydrogens is 246 g/mol. The third-order valence-corrected chi connectivity index (χ3v) is 3.12. The van der Waals surface area contributed by atoms with Gasteiger partial charge in [-0.05, 0) is 12.1 Å². The lowest BCUT2D eigenvalue weighted by Crippen LogP contribution is -2.08. The van der Waals surface area contributed by atoms with Crippen LogP contribution in [0.15, 0.2) is 29.6 Å². The number of nitrogens with one attached hydrogen (secondary N) is 1. The molecule has 1 heterocycles. The minimum absolute atomic E-state index is 0.0540. The minimum atomic E-state index is -0.0540. The lowest BCUT2D eigenvalue weighted by Gasteiger charge is -1.98. The van der Waals surface area contributed by atoms with Gasteiger partial charge in [-0.3, -0.25) is 4.79 Å². The maximum Gasteiger partial charge on any atom is 0.225 e. The van der Waals surface area contributed by atoms with E-state index in [9.17, 15) is 4.79 Å². The van der Waals surface area contributed by atoms with Crippen LogP contribution < -0.4 is 5.32 Å². The van der Waals surface area contributed by atoms with Gasteiger partial charge in [-0.2, -0.15) is 5.26 Å². The Bertz CT molecular complexity index is 613. The standard InChI is InChI=1S/C13H11N3OS/c1-2-12(17)16-13-15-11(8-18-13)10-5-3-4-9(6-10)7-14/h3-6,8H,2H2,1H3,(H,15,16,17). The Balaban J connectivity index is 2.24. The van der Waals surface area contributed by atoms with Crippen molar-refractivity contribution < 1.29 is 4.79 Å². The Morgan fingerprint density at radius 2 is 2.39 bits per heavy atom. The largest absolute Gasteiger partial charge is 0.302 e. The van der Waals surface area contributed by atoms with Crippen molar-refractivity contribution in [1.82, 2.24) is 4.98 Å². The minimum Gasteiger partial charge on any atom is -0.302 e. The highest BCUT2D eigenvalue weighted by atomic mass is 32.1. The number of nitrogens with zero attached hydrogens (tertiary/aromatic N) is 2. The summed E-state index contributed by atoms with van der Waals surface area (Å²) >= 11 is 1.38. The van der Waals surface area contributed by atoms with Crippen LogP contribution in [0.3, 0.4) is 0 Å². The molecule has 1 N–H and O–H groups in total. The number of amides is 1. The van der Waals surface area contributed by atoms with Crippen LogP contribution in [0.1, 0.15) is 18.9 Å². The summed E-state index contributed by atoms with van der Waals surface area (Å²) in [7, 11) is 0. The van der Waals surface area contributed by atoms with Gasteiger partial charge in [0.25, 0.3) is 0 Å². The van der Waals surface area contributed by atoms with Crippen molar-refractivity contribution in [1.29, 1.82) is 5.26 Å². The summed E-state index contributed by atoms with van der Waals surface area (Å²) in [4.78, 5) is 15.6. The Labute approximate surface area is 109 Å². The average molecular weight is 257 g/mol. The fourth-order valence-electron chi connectivity index (χ4n) is 1.42. The second-order valence-corrected chi connectivity index (χ2v) is 4.49. The van der Waals surface area contributed by atoms with Gasteiger partial charge in [-0.25, -0.2) is 4.98 Å². The topological polar surface area (TPSA) is 65.8 Å². The normalized spacial score (nSPS) is 9.78. The Morgan fingerprint density at radius 1 is 1.56 bits per heavy atom. The SMILES string of the molecule is CCC(=O)Nc1nc(-c2cccc(C#N)c2)cs1. The predicted molar refractivity (Wildman–Crippen MR) is 71.2 cm³/mol. The van der Waals surface area contributed by atoms with Gasteiger partial charge in [0, 0.05) is 17.4 Å². The first-order valence-electron chi connectivity index (χ1n) is 5.49. The fourth-order valence-corrected chi connectivity index (χ4v) is 2.16. The Morgan fingerprint density at radius 3 is 3.11 bits per heavy atom. The Kier molecular flexibility index (Phi) is 3.70. The number of carbonyl (C=O) groups excluding carboxylic acids is 1. The molecule has 90 valence electrons. The first-order valence-corrected chi connectivity index (χ1v) is 6.37. The molecule has 4 nitrogen and oxygen atoms in total. The van der Waals surface area contributed by atoms with Gasteiger partial charge in [0.05, 0.1) is 17.3 Å². The summed E-state index contributed by atoms with van der Waals surface area (Å²) in [6, 6.07) is 9.32. The van der Waals surface area contributed by atoms with Crippen LogP contribution in [0.5, 0.6) is 0 Å². The summed E-state index contributed by atoms with van der Waals surface area (Å²) < 4.78 is 0. The highest BCUT2D eigenvalue weighted by molar-refractivity contribution is 7.14. The molecule has 0 atom stereocenters. The Hall–Kier alpha value is -2.19. The maximum absolute atomic E-state index is 11.2. The predicted octanol–water partition coefficient (Wildman–Crippen LogP) is 3.03. The van der Waals surface area contributed by atoms with Crippen LogP contribution in [-0.4, -0.2) is 10.9 Å². The highest BCUT2D eigenvalue weighted by Gasteiger charge is 2.07. The summed E-state index contributed by atoms with van der Waals surface area (Å²) in [5.74, 6) is -0.0540. The molecule has 0 aliphatic carbocycles. The quantitative estimate of drug-likeness (QED) is 0.919. The van der Waals surface area contributed by atoms with E-state index in [0.717, 1.165) is 11.3 Å². The monoisotopic (exact) mass is 257 g/mol. The van der Waals surface area contributed by atoms with Crippen molar-refractivity contribution in [2.24, 2.45) is 0 Å². The van der Waals surface area contributed by atoms with Crippen molar-refractivity contribution in [3.8, 4) is 17.3 Å². The number of carbonyl (C=O) groups is 1. The summed E-state index contributed by atoms with van der Waals surface area (Å²) in [5.41, 5.74) is 2.24. The molecule has 0 spiro atoms. The molecule has 0 saturated carbocycles. The molecule has 2 rings (SSSR count). The van der Waals surface area contributed by atoms with Crippen LogP contribution in [0.4, 0.5) is 5.13 Å². The van der Waals surface area contributed by atoms with Gasteiger partial charge >= 0.3 is 0 Å². The van der Waals surface area contributed by atoms with Crippen LogP contribution in [-0.2, 0) is 4.79 Å². The van der Waals surface area contributed by atoms with Crippen molar-refractivity contribution >= 4 is 22.4 Å². The van der Waals surface area contributed by atoms with E-state index in [1.165, 1.54) is 11.3 Å². The zero-order chi connectivity index (χ0) is 13.0. The smallest absolute Gasteiger partial charge is 0.225 e. The molecule has 0 unspecified atom stereocenters. The number of hydrogen-bond donors (Lipinski definition) is 1. The van der Waals surface area contributed by atoms with E-state index in [1.807, 2.05) is 17.5 Å². The van der Waals surface area contributed by atoms with Crippen molar-refractivity contribution in [3.05, 3.63) is 35.2 Å². The van der Waals surface area contributed by atoms with Gasteiger partial charge in [-0.15, -0.1) is 11.3 Å². The lowest BCUT2D eigenvalue weighted by molar-refractivity contribution is -0.115. The summed E-state index contributed by atoms with van der Waals surface area (Å²) in [5, 5.41) is 14.0. The molecule has 0 radical (unpaired) electrons. The van der Waals surface area contributed by atoms with E-state index in [1.54, 1.807) is 19.1 Å². The van der Waals surface area contributed by atoms with E-state index in [2.05, 4.69) is 16.4 Å². The van der Waals surface area contributed by atoms with Gasteiger partial charge in [0.15, 0.2) is 5.13 Å². The van der Waals surface area contributed by atoms with E-state index in [-0.39, 0.29) is 5.91 Å². The number of aromatic nitrogens is 1. The third-order valence-electron chi connectivity index (χ3n) is 2.36. The average Bonchev–Trinajstić information content (AvgIpc) is 2.87. The molecule has 18 heavy (non-hydrogen) atoms. The van der Waals surface area contributed by atoms with Gasteiger partial charge < -0.3 is 5.32 Å². The lowest BCUT2D eigenvalue weighted by atomic mass is 10.1. The van der Waals surface area contributed by atoms with Crippen LogP contribution in [0.25, 0.3) is 11.3 Å². The van der Waals surface area contributed by atoms with Gasteiger partial charge in [-0.1, -0.05) is 19.1 Å². The van der Waals surface area contributed by atoms with Crippen LogP contribution >= 0.6 is 11.3 Å². The molecule has 0 aliphatic heterocycles. The van der Waals surface area contributed by atoms with Crippen molar-refractivity contribution in [3.63, 3.8) is 0 Å². The van der Waals surface area contributed by atoms with Crippen molar-refractivity contribution in [2.75, 3.05) is 5.32 Å². The number of nitriles is 1. The molecule has 2 aromatic rings. The summed E-state index contributed by atoms with van der Waals surface area (Å²) in [6.07, 6.45) is 0.429. The summed E-state index contributed by atoms with van der Waals surface area (Å²) in [6.45, 7) is 1.79. The number of thiazole rings is 1. The van der Waals surface area contributed by atoms with Gasteiger partial charge in [0.1, 0.15) is 0 Å². The second kappa shape index (κ2) is 5.43. The number of benzene rings is 1. The van der Waals surface area contributed by atoms with E-state index in [4.69, 9.17) is 5.26 Å². The molecule has 0 fully saturated rings. The fraction of sp³-hybridized carbons (Fsp3) is 0.154. The first-order chi connectivity index (χ1) is 8.72. The third kappa shape index (κ3) is 2.73. The van der Waals surface area contributed by atoms with Gasteiger partial charge in [0.2, 0.25) is 5.91 Å². The molecule has 1 aromatic heterocycles. The van der Waals surface area contributed by atoms with E-state index in [0.29, 0.717) is 17.1 Å². The molecule has 0 aliphatic rings. The molecule has 1 aromatic carbocycles. The zero-order valence-electron chi connectivity index (χ0n) is 9.80. The second-order valence-electron chi connectivity index (χ2n) is 3.63. The van der Waals surface area contributed by atoms with Crippen molar-refractivity contribution in [2.45, 2.75) is 13.3 Å². The molecular formula is C13H11N3OS. The van der Waals surface area contributed by atoms with Crippen LogP contribution in [0.2, 0.25) is 0 Å². The van der Waals surface area contributed by atoms with E-state index >= 15 is 0 Å². The molecule has 0 bridgehead atoms. The number of rotatable bonds is 3. The number of anilines is 1. The zero-order valence-corrected chi connectivity index (χ0v) is 10.6. The maximum atomic E-state index is 11.2. The number of hydrogen-bond acceptors (Lipinski definition) is 4. The van der Waals surface area contributed by atoms with Crippen LogP contribution in [0, 0.1) is 11.3 Å². The first kappa shape index (κ1) is 12.3. The molecule has 0 saturated heterocycles. The molecule has 1 amide bonds.